The quantitative estimate of drug-likeness (QED) is 0.821. The first-order valence-electron chi connectivity index (χ1n) is 5.32. The van der Waals surface area contributed by atoms with Gasteiger partial charge in [-0.3, -0.25) is 0 Å². The van der Waals surface area contributed by atoms with Gasteiger partial charge < -0.3 is 10.5 Å². The maximum atomic E-state index is 13.5. The van der Waals surface area contributed by atoms with E-state index in [0.29, 0.717) is 4.47 Å². The molecule has 0 saturated heterocycles. The van der Waals surface area contributed by atoms with Gasteiger partial charge in [0, 0.05) is 18.2 Å². The molecule has 0 bridgehead atoms. The van der Waals surface area contributed by atoms with Gasteiger partial charge in [-0.15, -0.1) is 0 Å². The molecule has 6 heteroatoms. The first-order chi connectivity index (χ1) is 9.02. The second-order valence-electron chi connectivity index (χ2n) is 3.72. The monoisotopic (exact) mass is 347 g/mol. The predicted molar refractivity (Wildman–Crippen MR) is 73.5 cm³/mol. The van der Waals surface area contributed by atoms with Crippen molar-refractivity contribution in [3.05, 3.63) is 57.0 Å². The minimum Gasteiger partial charge on any atom is -0.456 e. The van der Waals surface area contributed by atoms with E-state index in [1.54, 1.807) is 6.07 Å². The van der Waals surface area contributed by atoms with Crippen molar-refractivity contribution in [2.24, 2.45) is 5.73 Å². The molecule has 0 unspecified atom stereocenters. The Hall–Kier alpha value is -1.17. The Morgan fingerprint density at radius 1 is 1.16 bits per heavy atom. The topological polar surface area (TPSA) is 35.2 Å². The fourth-order valence-electron chi connectivity index (χ4n) is 1.53. The summed E-state index contributed by atoms with van der Waals surface area (Å²) in [7, 11) is 0. The van der Waals surface area contributed by atoms with Gasteiger partial charge in [0.15, 0.2) is 0 Å². The second kappa shape index (κ2) is 5.86. The molecule has 0 atom stereocenters. The molecule has 0 aromatic heterocycles. The van der Waals surface area contributed by atoms with E-state index >= 15 is 0 Å². The molecule has 0 aliphatic carbocycles. The van der Waals surface area contributed by atoms with Crippen LogP contribution in [-0.4, -0.2) is 0 Å². The molecular weight excluding hydrogens is 340 g/mol. The van der Waals surface area contributed by atoms with Gasteiger partial charge in [0.1, 0.15) is 23.1 Å². The van der Waals surface area contributed by atoms with E-state index in [4.69, 9.17) is 22.1 Å². The lowest BCUT2D eigenvalue weighted by Crippen LogP contribution is -2.02. The van der Waals surface area contributed by atoms with Crippen LogP contribution in [0.1, 0.15) is 5.56 Å². The number of benzene rings is 2. The van der Waals surface area contributed by atoms with Gasteiger partial charge in [0.2, 0.25) is 0 Å². The fourth-order valence-corrected chi connectivity index (χ4v) is 2.25. The molecule has 0 aliphatic heterocycles. The van der Waals surface area contributed by atoms with E-state index in [9.17, 15) is 8.78 Å². The predicted octanol–water partition coefficient (Wildman–Crippen LogP) is 4.63. The third-order valence-corrected chi connectivity index (χ3v) is 3.38. The molecule has 2 nitrogen and oxygen atoms in total. The molecule has 0 fully saturated rings. The zero-order valence-corrected chi connectivity index (χ0v) is 11.9. The average molecular weight is 349 g/mol. The third-order valence-electron chi connectivity index (χ3n) is 2.47. The zero-order chi connectivity index (χ0) is 14.0. The summed E-state index contributed by atoms with van der Waals surface area (Å²) in [5.41, 5.74) is 5.70. The van der Waals surface area contributed by atoms with Gasteiger partial charge in [0.05, 0.1) is 9.50 Å². The van der Waals surface area contributed by atoms with Crippen molar-refractivity contribution < 1.29 is 13.5 Å². The van der Waals surface area contributed by atoms with E-state index in [2.05, 4.69) is 15.9 Å². The molecule has 0 heterocycles. The SMILES string of the molecule is NCc1c(F)cccc1Oc1cc(F)c(Cl)cc1Br. The van der Waals surface area contributed by atoms with E-state index in [-0.39, 0.29) is 28.6 Å². The fraction of sp³-hybridized carbons (Fsp3) is 0.0769. The van der Waals surface area contributed by atoms with Crippen LogP contribution in [-0.2, 0) is 6.54 Å². The normalized spacial score (nSPS) is 10.6. The molecule has 2 aromatic carbocycles. The molecule has 2 N–H and O–H groups in total. The first-order valence-corrected chi connectivity index (χ1v) is 6.50. The number of ether oxygens (including phenoxy) is 1. The van der Waals surface area contributed by atoms with Crippen molar-refractivity contribution in [3.63, 3.8) is 0 Å². The minimum atomic E-state index is -0.620. The summed E-state index contributed by atoms with van der Waals surface area (Å²) < 4.78 is 32.9. The first kappa shape index (κ1) is 14.2. The maximum absolute atomic E-state index is 13.5. The summed E-state index contributed by atoms with van der Waals surface area (Å²) in [4.78, 5) is 0. The Balaban J connectivity index is 2.42. The van der Waals surface area contributed by atoms with Crippen molar-refractivity contribution in [3.8, 4) is 11.5 Å². The van der Waals surface area contributed by atoms with Gasteiger partial charge in [-0.25, -0.2) is 8.78 Å². The summed E-state index contributed by atoms with van der Waals surface area (Å²) in [6.07, 6.45) is 0. The average Bonchev–Trinajstić information content (AvgIpc) is 2.36. The Labute approximate surface area is 122 Å². The van der Waals surface area contributed by atoms with Crippen LogP contribution in [0, 0.1) is 11.6 Å². The molecule has 0 amide bonds. The minimum absolute atomic E-state index is 0.0182. The summed E-state index contributed by atoms with van der Waals surface area (Å²) in [6, 6.07) is 6.83. The molecule has 0 radical (unpaired) electrons. The van der Waals surface area contributed by atoms with Crippen molar-refractivity contribution in [1.82, 2.24) is 0 Å². The van der Waals surface area contributed by atoms with Gasteiger partial charge in [0.25, 0.3) is 0 Å². The number of nitrogens with two attached hydrogens (primary N) is 1. The van der Waals surface area contributed by atoms with Crippen molar-refractivity contribution in [2.45, 2.75) is 6.54 Å². The highest BCUT2D eigenvalue weighted by molar-refractivity contribution is 9.10. The Kier molecular flexibility index (Phi) is 4.39. The number of hydrogen-bond acceptors (Lipinski definition) is 2. The van der Waals surface area contributed by atoms with E-state index in [1.165, 1.54) is 18.2 Å². The summed E-state index contributed by atoms with van der Waals surface area (Å²) in [6.45, 7) is -0.0182. The van der Waals surface area contributed by atoms with Gasteiger partial charge in [-0.1, -0.05) is 17.7 Å². The molecule has 100 valence electrons. The molecule has 0 aliphatic rings. The number of halogens is 4. The van der Waals surface area contributed by atoms with E-state index < -0.39 is 11.6 Å². The van der Waals surface area contributed by atoms with Crippen LogP contribution in [0.2, 0.25) is 5.02 Å². The Morgan fingerprint density at radius 3 is 2.58 bits per heavy atom. The van der Waals surface area contributed by atoms with Crippen LogP contribution in [0.4, 0.5) is 8.78 Å². The van der Waals surface area contributed by atoms with Crippen molar-refractivity contribution in [1.29, 1.82) is 0 Å². The summed E-state index contributed by atoms with van der Waals surface area (Å²) >= 11 is 8.83. The van der Waals surface area contributed by atoms with Gasteiger partial charge >= 0.3 is 0 Å². The van der Waals surface area contributed by atoms with Gasteiger partial charge in [-0.2, -0.15) is 0 Å². The summed E-state index contributed by atoms with van der Waals surface area (Å²) in [5.74, 6) is -0.650. The highest BCUT2D eigenvalue weighted by Gasteiger charge is 2.13. The largest absolute Gasteiger partial charge is 0.456 e. The lowest BCUT2D eigenvalue weighted by Gasteiger charge is -2.12. The van der Waals surface area contributed by atoms with E-state index in [0.717, 1.165) is 6.07 Å². The molecule has 2 aromatic rings. The smallest absolute Gasteiger partial charge is 0.145 e. The number of rotatable bonds is 3. The Bertz CT molecular complexity index is 622. The zero-order valence-electron chi connectivity index (χ0n) is 9.59. The standard InChI is InChI=1S/C13H9BrClF2NO/c14-8-4-9(15)11(17)5-13(8)19-12-3-1-2-10(16)7(12)6-18/h1-5H,6,18H2. The third kappa shape index (κ3) is 3.05. The Morgan fingerprint density at radius 2 is 1.89 bits per heavy atom. The lowest BCUT2D eigenvalue weighted by atomic mass is 10.2. The molecule has 2 rings (SSSR count). The van der Waals surface area contributed by atoms with Crippen LogP contribution in [0.3, 0.4) is 0 Å². The molecule has 0 spiro atoms. The van der Waals surface area contributed by atoms with Crippen LogP contribution >= 0.6 is 27.5 Å². The highest BCUT2D eigenvalue weighted by atomic mass is 79.9. The molecule has 0 saturated carbocycles. The molecule has 19 heavy (non-hydrogen) atoms. The maximum Gasteiger partial charge on any atom is 0.145 e. The van der Waals surface area contributed by atoms with Crippen LogP contribution in [0.15, 0.2) is 34.8 Å². The van der Waals surface area contributed by atoms with Gasteiger partial charge in [-0.05, 0) is 34.1 Å². The summed E-state index contributed by atoms with van der Waals surface area (Å²) in [5, 5.41) is -0.0301. The lowest BCUT2D eigenvalue weighted by molar-refractivity contribution is 0.460. The van der Waals surface area contributed by atoms with Crippen molar-refractivity contribution >= 4 is 27.5 Å². The molecular formula is C13H9BrClF2NO. The van der Waals surface area contributed by atoms with Crippen LogP contribution < -0.4 is 10.5 Å². The number of hydrogen-bond donors (Lipinski definition) is 1. The van der Waals surface area contributed by atoms with Crippen LogP contribution in [0.5, 0.6) is 11.5 Å². The highest BCUT2D eigenvalue weighted by Crippen LogP contribution is 2.35. The second-order valence-corrected chi connectivity index (χ2v) is 4.98. The van der Waals surface area contributed by atoms with E-state index in [1.807, 2.05) is 0 Å². The van der Waals surface area contributed by atoms with Crippen molar-refractivity contribution in [2.75, 3.05) is 0 Å². The van der Waals surface area contributed by atoms with Crippen LogP contribution in [0.25, 0.3) is 0 Å².